The van der Waals surface area contributed by atoms with Gasteiger partial charge in [-0.15, -0.1) is 0 Å². The molecule has 5 nitrogen and oxygen atoms in total. The molecule has 1 aliphatic carbocycles. The zero-order valence-corrected chi connectivity index (χ0v) is 33.9. The molecule has 0 aliphatic heterocycles. The van der Waals surface area contributed by atoms with Crippen molar-refractivity contribution in [2.24, 2.45) is 0 Å². The van der Waals surface area contributed by atoms with Crippen LogP contribution in [0.25, 0.3) is 100 Å². The number of benzene rings is 9. The van der Waals surface area contributed by atoms with Gasteiger partial charge >= 0.3 is 0 Å². The molecule has 9 aromatic carbocycles. The van der Waals surface area contributed by atoms with E-state index in [2.05, 4.69) is 140 Å². The summed E-state index contributed by atoms with van der Waals surface area (Å²) in [6, 6.07) is 74.7. The van der Waals surface area contributed by atoms with Gasteiger partial charge in [0.25, 0.3) is 0 Å². The zero-order chi connectivity index (χ0) is 41.5. The van der Waals surface area contributed by atoms with E-state index in [4.69, 9.17) is 23.8 Å². The third kappa shape index (κ3) is 5.40. The Bertz CT molecular complexity index is 3700. The second kappa shape index (κ2) is 13.8. The maximum atomic E-state index is 6.60. The lowest BCUT2D eigenvalue weighted by Gasteiger charge is -2.34. The first-order chi connectivity index (χ1) is 31.2. The first kappa shape index (κ1) is 35.4. The van der Waals surface area contributed by atoms with Gasteiger partial charge in [-0.3, -0.25) is 0 Å². The van der Waals surface area contributed by atoms with Crippen LogP contribution >= 0.6 is 0 Å². The Hall–Kier alpha value is -8.41. The van der Waals surface area contributed by atoms with E-state index in [0.29, 0.717) is 17.5 Å². The summed E-state index contributed by atoms with van der Waals surface area (Å²) in [6.45, 7) is 0. The van der Waals surface area contributed by atoms with Gasteiger partial charge in [-0.2, -0.15) is 0 Å². The molecule has 294 valence electrons. The second-order valence-corrected chi connectivity index (χ2v) is 16.3. The molecular formula is C58H35N3O2. The van der Waals surface area contributed by atoms with E-state index in [1.54, 1.807) is 0 Å². The van der Waals surface area contributed by atoms with Crippen molar-refractivity contribution in [1.82, 2.24) is 15.0 Å². The Morgan fingerprint density at radius 2 is 0.825 bits per heavy atom. The van der Waals surface area contributed by atoms with Crippen LogP contribution in [0.1, 0.15) is 22.3 Å². The predicted molar refractivity (Wildman–Crippen MR) is 253 cm³/mol. The van der Waals surface area contributed by atoms with Gasteiger partial charge in [-0.25, -0.2) is 15.0 Å². The molecule has 3 heterocycles. The fourth-order valence-electron chi connectivity index (χ4n) is 10.0. The lowest BCUT2D eigenvalue weighted by molar-refractivity contribution is 0.668. The number of rotatable bonds is 6. The molecule has 0 amide bonds. The highest BCUT2D eigenvalue weighted by molar-refractivity contribution is 6.13. The predicted octanol–water partition coefficient (Wildman–Crippen LogP) is 14.7. The average molecular weight is 806 g/mol. The van der Waals surface area contributed by atoms with E-state index in [1.165, 1.54) is 33.4 Å². The molecule has 12 aromatic rings. The zero-order valence-electron chi connectivity index (χ0n) is 33.9. The Labute approximate surface area is 362 Å². The van der Waals surface area contributed by atoms with Crippen molar-refractivity contribution in [3.63, 3.8) is 0 Å². The number of hydrogen-bond acceptors (Lipinski definition) is 5. The monoisotopic (exact) mass is 805 g/mol. The van der Waals surface area contributed by atoms with Crippen molar-refractivity contribution >= 4 is 43.9 Å². The lowest BCUT2D eigenvalue weighted by Crippen LogP contribution is -2.28. The van der Waals surface area contributed by atoms with Crippen LogP contribution in [0.15, 0.2) is 221 Å². The minimum absolute atomic E-state index is 0.494. The van der Waals surface area contributed by atoms with Gasteiger partial charge in [-0.1, -0.05) is 164 Å². The van der Waals surface area contributed by atoms with Crippen molar-refractivity contribution < 1.29 is 8.83 Å². The number of nitrogens with zero attached hydrogens (tertiary/aromatic N) is 3. The smallest absolute Gasteiger partial charge is 0.164 e. The van der Waals surface area contributed by atoms with Gasteiger partial charge in [-0.05, 0) is 93.0 Å². The molecule has 13 rings (SSSR count). The Kier molecular flexibility index (Phi) is 7.75. The van der Waals surface area contributed by atoms with Crippen LogP contribution in [0.2, 0.25) is 0 Å². The normalized spacial score (nSPS) is 12.9. The van der Waals surface area contributed by atoms with E-state index in [1.807, 2.05) is 72.8 Å². The van der Waals surface area contributed by atoms with Crippen LogP contribution < -0.4 is 0 Å². The summed E-state index contributed by atoms with van der Waals surface area (Å²) in [5, 5.41) is 4.02. The van der Waals surface area contributed by atoms with Crippen LogP contribution in [0.4, 0.5) is 0 Å². The Morgan fingerprint density at radius 1 is 0.302 bits per heavy atom. The van der Waals surface area contributed by atoms with E-state index in [9.17, 15) is 0 Å². The molecule has 3 aromatic heterocycles. The topological polar surface area (TPSA) is 65.0 Å². The van der Waals surface area contributed by atoms with Gasteiger partial charge in [0.05, 0.1) is 5.41 Å². The maximum Gasteiger partial charge on any atom is 0.164 e. The highest BCUT2D eigenvalue weighted by Gasteiger charge is 2.46. The van der Waals surface area contributed by atoms with Crippen LogP contribution in [0.5, 0.6) is 0 Å². The number of hydrogen-bond donors (Lipinski definition) is 0. The van der Waals surface area contributed by atoms with Crippen molar-refractivity contribution in [2.45, 2.75) is 5.41 Å². The molecule has 0 atom stereocenters. The standard InChI is InChI=1S/C58H35N3O2/c1-4-15-36(16-5-1)55-59-56(39-29-32-51-46(34-39)44-22-11-13-25-50(44)62-51)61-57(60-55)45-23-14-26-53-54(45)47-33-37(28-31-52(47)63-53)38-27-30-43-42-21-10-12-24-48(42)58(49(43)35-38,40-17-6-2-7-18-40)41-19-8-3-9-20-41/h1-35H. The van der Waals surface area contributed by atoms with Gasteiger partial charge in [0.1, 0.15) is 22.3 Å². The highest BCUT2D eigenvalue weighted by Crippen LogP contribution is 2.56. The molecule has 1 aliphatic rings. The summed E-state index contributed by atoms with van der Waals surface area (Å²) in [4.78, 5) is 15.5. The maximum absolute atomic E-state index is 6.60. The SMILES string of the molecule is c1ccc(-c2nc(-c3ccc4oc5ccccc5c4c3)nc(-c3cccc4oc5ccc(-c6ccc7c(c6)C(c6ccccc6)(c6ccccc6)c6ccccc6-7)cc5c34)n2)cc1. The van der Waals surface area contributed by atoms with Gasteiger partial charge in [0.15, 0.2) is 17.5 Å². The Balaban J connectivity index is 1.000. The number of furan rings is 2. The molecule has 0 saturated carbocycles. The second-order valence-electron chi connectivity index (χ2n) is 16.3. The van der Waals surface area contributed by atoms with Crippen molar-refractivity contribution in [2.75, 3.05) is 0 Å². The molecule has 63 heavy (non-hydrogen) atoms. The summed E-state index contributed by atoms with van der Waals surface area (Å²) in [6.07, 6.45) is 0. The van der Waals surface area contributed by atoms with Crippen LogP contribution in [-0.2, 0) is 5.41 Å². The summed E-state index contributed by atoms with van der Waals surface area (Å²) in [7, 11) is 0. The number of aromatic nitrogens is 3. The van der Waals surface area contributed by atoms with Crippen LogP contribution in [-0.4, -0.2) is 15.0 Å². The van der Waals surface area contributed by atoms with E-state index in [-0.39, 0.29) is 0 Å². The molecule has 0 spiro atoms. The van der Waals surface area contributed by atoms with E-state index >= 15 is 0 Å². The first-order valence-electron chi connectivity index (χ1n) is 21.3. The Morgan fingerprint density at radius 3 is 1.62 bits per heavy atom. The molecule has 5 heteroatoms. The molecule has 0 unspecified atom stereocenters. The van der Waals surface area contributed by atoms with Gasteiger partial charge < -0.3 is 8.83 Å². The highest BCUT2D eigenvalue weighted by atomic mass is 16.3. The number of fused-ring (bicyclic) bond motifs is 9. The lowest BCUT2D eigenvalue weighted by atomic mass is 9.67. The quantitative estimate of drug-likeness (QED) is 0.167. The first-order valence-corrected chi connectivity index (χ1v) is 21.3. The van der Waals surface area contributed by atoms with Crippen molar-refractivity contribution in [3.05, 3.63) is 235 Å². The molecule has 0 radical (unpaired) electrons. The third-order valence-corrected chi connectivity index (χ3v) is 12.8. The molecule has 0 N–H and O–H groups in total. The summed E-state index contributed by atoms with van der Waals surface area (Å²) in [5.74, 6) is 1.74. The van der Waals surface area contributed by atoms with Gasteiger partial charge in [0.2, 0.25) is 0 Å². The van der Waals surface area contributed by atoms with Crippen molar-refractivity contribution in [3.8, 4) is 56.4 Å². The number of para-hydroxylation sites is 1. The fraction of sp³-hybridized carbons (Fsp3) is 0.0172. The molecule has 0 fully saturated rings. The minimum Gasteiger partial charge on any atom is -0.456 e. The average Bonchev–Trinajstić information content (AvgIpc) is 4.02. The van der Waals surface area contributed by atoms with Crippen molar-refractivity contribution in [1.29, 1.82) is 0 Å². The third-order valence-electron chi connectivity index (χ3n) is 12.8. The van der Waals surface area contributed by atoms with E-state index in [0.717, 1.165) is 71.7 Å². The largest absolute Gasteiger partial charge is 0.456 e. The van der Waals surface area contributed by atoms with Crippen LogP contribution in [0, 0.1) is 0 Å². The summed E-state index contributed by atoms with van der Waals surface area (Å²) in [5.41, 5.74) is 15.2. The van der Waals surface area contributed by atoms with Crippen LogP contribution in [0.3, 0.4) is 0 Å². The molecular weight excluding hydrogens is 771 g/mol. The summed E-state index contributed by atoms with van der Waals surface area (Å²) >= 11 is 0. The van der Waals surface area contributed by atoms with Gasteiger partial charge in [0, 0.05) is 38.2 Å². The van der Waals surface area contributed by atoms with E-state index < -0.39 is 5.41 Å². The minimum atomic E-state index is -0.494. The fourth-order valence-corrected chi connectivity index (χ4v) is 10.0. The molecule has 0 saturated heterocycles. The summed E-state index contributed by atoms with van der Waals surface area (Å²) < 4.78 is 12.8. The molecule has 0 bridgehead atoms.